The van der Waals surface area contributed by atoms with Crippen molar-refractivity contribution < 1.29 is 19.5 Å². The third-order valence-electron chi connectivity index (χ3n) is 2.30. The predicted molar refractivity (Wildman–Crippen MR) is 67.0 cm³/mol. The zero-order chi connectivity index (χ0) is 12.6. The molecule has 0 saturated carbocycles. The van der Waals surface area contributed by atoms with Crippen molar-refractivity contribution in [2.45, 2.75) is 25.8 Å². The number of halogens is 3. The first-order valence-electron chi connectivity index (χ1n) is 5.12. The summed E-state index contributed by atoms with van der Waals surface area (Å²) in [5.74, 6) is 0.213. The van der Waals surface area contributed by atoms with E-state index >= 15 is 0 Å². The minimum absolute atomic E-state index is 0.0345. The average molecular weight is 323 g/mol. The van der Waals surface area contributed by atoms with E-state index in [9.17, 15) is 4.79 Å². The van der Waals surface area contributed by atoms with Crippen LogP contribution in [0.15, 0.2) is 0 Å². The number of hydrogen-bond acceptors (Lipinski definition) is 2. The topological polar surface area (TPSA) is 34.4 Å². The van der Waals surface area contributed by atoms with Crippen LogP contribution < -0.4 is 0 Å². The first-order valence-corrected chi connectivity index (χ1v) is 11.6. The first-order chi connectivity index (χ1) is 7.43. The van der Waals surface area contributed by atoms with Gasteiger partial charge in [0.2, 0.25) is 0 Å². The fourth-order valence-corrected chi connectivity index (χ4v) is 1.47. The Morgan fingerprint density at radius 2 is 1.94 bits per heavy atom. The molecule has 1 rings (SSSR count). The van der Waals surface area contributed by atoms with Gasteiger partial charge in [-0.1, -0.05) is 12.5 Å². The molecular formula is C9H17Cl3N2OTi. The number of Topliss-reactive ketones (excluding diaryl/α,β-unsaturated/α-hetero) is 1. The zero-order valence-corrected chi connectivity index (χ0v) is 13.4. The second kappa shape index (κ2) is 10.1. The molecule has 1 fully saturated rings. The Hall–Kier alpha value is 1.17. The molecule has 1 aliphatic rings. The maximum atomic E-state index is 11.1. The molecule has 16 heavy (non-hydrogen) atoms. The third-order valence-corrected chi connectivity index (χ3v) is 2.30. The fourth-order valence-electron chi connectivity index (χ4n) is 1.47. The van der Waals surface area contributed by atoms with Crippen LogP contribution in [0.2, 0.25) is 0 Å². The van der Waals surface area contributed by atoms with Gasteiger partial charge in [-0.3, -0.25) is 0 Å². The monoisotopic (exact) mass is 322 g/mol. The number of hydrogen-bond donors (Lipinski definition) is 0. The van der Waals surface area contributed by atoms with Crippen molar-refractivity contribution in [3.05, 3.63) is 5.32 Å². The van der Waals surface area contributed by atoms with Gasteiger partial charge >= 0.3 is 42.6 Å². The van der Waals surface area contributed by atoms with E-state index in [0.29, 0.717) is 0 Å². The van der Waals surface area contributed by atoms with E-state index in [1.165, 1.54) is 0 Å². The Morgan fingerprint density at radius 3 is 2.44 bits per heavy atom. The average Bonchev–Trinajstić information content (AvgIpc) is 2.10. The summed E-state index contributed by atoms with van der Waals surface area (Å²) in [6.07, 6.45) is 1.98. The van der Waals surface area contributed by atoms with E-state index in [1.54, 1.807) is 6.92 Å². The molecule has 0 spiro atoms. The van der Waals surface area contributed by atoms with E-state index in [2.05, 4.69) is 17.3 Å². The summed E-state index contributed by atoms with van der Waals surface area (Å²) in [6, 6.07) is -0.0345. The van der Waals surface area contributed by atoms with Gasteiger partial charge in [0.05, 0.1) is 0 Å². The van der Waals surface area contributed by atoms with Crippen molar-refractivity contribution in [1.82, 2.24) is 4.90 Å². The van der Waals surface area contributed by atoms with Crippen LogP contribution in [0.5, 0.6) is 0 Å². The van der Waals surface area contributed by atoms with Crippen LogP contribution in [0, 0.1) is 0 Å². The van der Waals surface area contributed by atoms with Gasteiger partial charge < -0.3 is 15.0 Å². The normalized spacial score (nSPS) is 22.4. The summed E-state index contributed by atoms with van der Waals surface area (Å²) >= 11 is -1.92. The molecule has 0 bridgehead atoms. The van der Waals surface area contributed by atoms with Gasteiger partial charge in [0.25, 0.3) is 0 Å². The van der Waals surface area contributed by atoms with Crippen LogP contribution in [0.1, 0.15) is 19.8 Å². The molecule has 94 valence electrons. The van der Waals surface area contributed by atoms with E-state index in [4.69, 9.17) is 27.9 Å². The molecule has 0 aromatic heterocycles. The summed E-state index contributed by atoms with van der Waals surface area (Å²) in [4.78, 5) is 13.3. The Kier molecular flexibility index (Phi) is 10.9. The second-order valence-electron chi connectivity index (χ2n) is 3.69. The van der Waals surface area contributed by atoms with Gasteiger partial charge in [0.1, 0.15) is 5.78 Å². The summed E-state index contributed by atoms with van der Waals surface area (Å²) in [7, 11) is 17.0. The summed E-state index contributed by atoms with van der Waals surface area (Å²) < 4.78 is 0. The number of nitrogens with zero attached hydrogens (tertiary/aromatic N) is 2. The summed E-state index contributed by atoms with van der Waals surface area (Å²) in [5, 5.41) is 4.34. The molecule has 0 radical (unpaired) electrons. The molecule has 3 nitrogen and oxygen atoms in total. The molecular weight excluding hydrogens is 306 g/mol. The van der Waals surface area contributed by atoms with Crippen LogP contribution in [-0.4, -0.2) is 43.4 Å². The predicted octanol–water partition coefficient (Wildman–Crippen LogP) is 3.11. The molecule has 1 saturated heterocycles. The summed E-state index contributed by atoms with van der Waals surface area (Å²) in [5.41, 5.74) is 0. The van der Waals surface area contributed by atoms with Crippen molar-refractivity contribution in [1.29, 1.82) is 0 Å². The third kappa shape index (κ3) is 10.3. The van der Waals surface area contributed by atoms with Crippen LogP contribution >= 0.6 is 27.9 Å². The van der Waals surface area contributed by atoms with E-state index < -0.39 is 14.7 Å². The summed E-state index contributed by atoms with van der Waals surface area (Å²) in [6.45, 7) is 4.58. The molecule has 1 atom stereocenters. The Balaban J connectivity index is 0.000000487. The molecule has 0 aromatic rings. The Morgan fingerprint density at radius 1 is 1.38 bits per heavy atom. The molecule has 0 amide bonds. The number of carbonyl (C=O) groups excluding carboxylic acids is 1. The molecule has 7 heteroatoms. The number of ketones is 1. The standard InChI is InChI=1S/C9H17N2O.3ClH.Ti/c1-8(12)9-4-7-11(2)6-3-5-10-9;;;;/h9H,3-7H2,1-2H3;3*1H;/q-1;;;;+4/p-3. The van der Waals surface area contributed by atoms with Gasteiger partial charge in [0.15, 0.2) is 0 Å². The molecule has 1 aliphatic heterocycles. The van der Waals surface area contributed by atoms with Gasteiger partial charge in [-0.15, -0.1) is 6.54 Å². The minimum atomic E-state index is -1.92. The van der Waals surface area contributed by atoms with Gasteiger partial charge in [-0.2, -0.15) is 0 Å². The molecule has 1 heterocycles. The second-order valence-corrected chi connectivity index (χ2v) is 11.4. The fraction of sp³-hybridized carbons (Fsp3) is 0.889. The molecule has 1 unspecified atom stereocenters. The van der Waals surface area contributed by atoms with Crippen LogP contribution in [-0.2, 0) is 19.5 Å². The van der Waals surface area contributed by atoms with Crippen molar-refractivity contribution in [2.24, 2.45) is 0 Å². The van der Waals surface area contributed by atoms with E-state index in [0.717, 1.165) is 32.5 Å². The van der Waals surface area contributed by atoms with Crippen LogP contribution in [0.3, 0.4) is 0 Å². The van der Waals surface area contributed by atoms with Crippen LogP contribution in [0.4, 0.5) is 0 Å². The van der Waals surface area contributed by atoms with Crippen molar-refractivity contribution >= 4 is 33.7 Å². The SMILES string of the molecule is CC(=O)C1CCN(C)CCC[N-]1.[Cl][Ti+]([Cl])[Cl]. The van der Waals surface area contributed by atoms with Crippen molar-refractivity contribution in [3.63, 3.8) is 0 Å². The van der Waals surface area contributed by atoms with E-state index in [1.807, 2.05) is 0 Å². The maximum absolute atomic E-state index is 11.1. The van der Waals surface area contributed by atoms with Gasteiger partial charge in [-0.25, -0.2) is 0 Å². The molecule has 0 aromatic carbocycles. The van der Waals surface area contributed by atoms with E-state index in [-0.39, 0.29) is 11.8 Å². The number of rotatable bonds is 1. The Labute approximate surface area is 115 Å². The van der Waals surface area contributed by atoms with Gasteiger partial charge in [-0.05, 0) is 33.5 Å². The van der Waals surface area contributed by atoms with Crippen molar-refractivity contribution in [2.75, 3.05) is 26.7 Å². The number of carbonyl (C=O) groups is 1. The quantitative estimate of drug-likeness (QED) is 0.695. The zero-order valence-electron chi connectivity index (χ0n) is 9.55. The van der Waals surface area contributed by atoms with Crippen molar-refractivity contribution in [3.8, 4) is 0 Å². The van der Waals surface area contributed by atoms with Gasteiger partial charge in [0, 0.05) is 0 Å². The first kappa shape index (κ1) is 17.2. The Bertz CT molecular complexity index is 204. The molecule has 0 N–H and O–H groups in total. The van der Waals surface area contributed by atoms with Crippen LogP contribution in [0.25, 0.3) is 5.32 Å². The molecule has 0 aliphatic carbocycles.